The Morgan fingerprint density at radius 3 is 2.95 bits per heavy atom. The number of fused-ring (bicyclic) bond motifs is 1. The maximum atomic E-state index is 9.65. The molecule has 22 heavy (non-hydrogen) atoms. The number of nitrogens with zero attached hydrogens (tertiary/aromatic N) is 4. The third kappa shape index (κ3) is 4.03. The molecule has 0 aliphatic heterocycles. The average Bonchev–Trinajstić information content (AvgIpc) is 2.90. The van der Waals surface area contributed by atoms with Crippen LogP contribution in [0.3, 0.4) is 0 Å². The van der Waals surface area contributed by atoms with Crippen LogP contribution in [-0.4, -0.2) is 55.7 Å². The quantitative estimate of drug-likeness (QED) is 0.563. The molecule has 1 atom stereocenters. The number of aliphatic hydroxyl groups excluding tert-OH is 1. The summed E-state index contributed by atoms with van der Waals surface area (Å²) in [6, 6.07) is 0. The third-order valence-corrected chi connectivity index (χ3v) is 3.06. The summed E-state index contributed by atoms with van der Waals surface area (Å²) in [6.07, 6.45) is 3.04. The number of unbranched alkanes of at least 4 members (excludes halogenated alkanes) is 1. The number of rotatable bonds is 9. The lowest BCUT2D eigenvalue weighted by Gasteiger charge is -2.16. The number of aromatic hydroxyl groups is 1. The zero-order valence-electron chi connectivity index (χ0n) is 12.5. The summed E-state index contributed by atoms with van der Waals surface area (Å²) >= 11 is 0. The second-order valence-corrected chi connectivity index (χ2v) is 4.82. The van der Waals surface area contributed by atoms with Crippen LogP contribution >= 0.6 is 0 Å². The van der Waals surface area contributed by atoms with Crippen molar-refractivity contribution >= 4 is 17.1 Å². The zero-order chi connectivity index (χ0) is 15.9. The van der Waals surface area contributed by atoms with E-state index in [9.17, 15) is 10.2 Å². The molecule has 9 nitrogen and oxygen atoms in total. The van der Waals surface area contributed by atoms with Gasteiger partial charge in [0.2, 0.25) is 11.8 Å². The van der Waals surface area contributed by atoms with Crippen LogP contribution in [0.25, 0.3) is 11.2 Å². The Kier molecular flexibility index (Phi) is 5.87. The Morgan fingerprint density at radius 1 is 1.41 bits per heavy atom. The van der Waals surface area contributed by atoms with E-state index in [1.54, 1.807) is 4.57 Å². The number of nitrogens with two attached hydrogens (primary N) is 1. The Balaban J connectivity index is 1.95. The maximum Gasteiger partial charge on any atom is 0.244 e. The van der Waals surface area contributed by atoms with E-state index in [2.05, 4.69) is 21.9 Å². The molecule has 0 amide bonds. The number of ether oxygens (including phenoxy) is 2. The van der Waals surface area contributed by atoms with Crippen molar-refractivity contribution in [2.45, 2.75) is 32.6 Å². The number of imidazole rings is 1. The standard InChI is InChI=1S/C13H21N5O4/c1-2-3-4-21-6-9(5-19)22-8-18-7-15-10-11(18)16-13(14)17-12(10)20/h7,9,19H,2-6,8H2,1H3,(H3,14,16,17,20). The van der Waals surface area contributed by atoms with E-state index in [-0.39, 0.29) is 30.7 Å². The van der Waals surface area contributed by atoms with Crippen molar-refractivity contribution in [1.29, 1.82) is 0 Å². The molecule has 9 heteroatoms. The summed E-state index contributed by atoms with van der Waals surface area (Å²) in [5.74, 6) is -0.323. The van der Waals surface area contributed by atoms with Gasteiger partial charge in [-0.1, -0.05) is 13.3 Å². The predicted molar refractivity (Wildman–Crippen MR) is 79.1 cm³/mol. The molecule has 0 saturated heterocycles. The first kappa shape index (κ1) is 16.4. The molecule has 2 aromatic rings. The fourth-order valence-corrected chi connectivity index (χ4v) is 1.84. The largest absolute Gasteiger partial charge is 0.492 e. The smallest absolute Gasteiger partial charge is 0.244 e. The molecule has 0 radical (unpaired) electrons. The van der Waals surface area contributed by atoms with Gasteiger partial charge in [-0.3, -0.25) is 4.57 Å². The van der Waals surface area contributed by atoms with E-state index in [0.29, 0.717) is 18.9 Å². The van der Waals surface area contributed by atoms with Gasteiger partial charge < -0.3 is 25.4 Å². The Hall–Kier alpha value is -1.97. The first-order valence-electron chi connectivity index (χ1n) is 7.13. The van der Waals surface area contributed by atoms with E-state index in [4.69, 9.17) is 15.2 Å². The van der Waals surface area contributed by atoms with Gasteiger partial charge in [0.05, 0.1) is 19.5 Å². The Bertz CT molecular complexity index is 603. The molecule has 122 valence electrons. The highest BCUT2D eigenvalue weighted by Crippen LogP contribution is 2.20. The highest BCUT2D eigenvalue weighted by atomic mass is 16.5. The van der Waals surface area contributed by atoms with Gasteiger partial charge >= 0.3 is 0 Å². The summed E-state index contributed by atoms with van der Waals surface area (Å²) < 4.78 is 12.6. The molecule has 4 N–H and O–H groups in total. The maximum absolute atomic E-state index is 9.65. The van der Waals surface area contributed by atoms with E-state index >= 15 is 0 Å². The van der Waals surface area contributed by atoms with Crippen LogP contribution in [0.4, 0.5) is 5.95 Å². The van der Waals surface area contributed by atoms with Crippen molar-refractivity contribution < 1.29 is 19.7 Å². The van der Waals surface area contributed by atoms with Crippen molar-refractivity contribution in [1.82, 2.24) is 19.5 Å². The van der Waals surface area contributed by atoms with Crippen LogP contribution < -0.4 is 5.73 Å². The third-order valence-electron chi connectivity index (χ3n) is 3.06. The van der Waals surface area contributed by atoms with Crippen molar-refractivity contribution in [2.24, 2.45) is 0 Å². The summed E-state index contributed by atoms with van der Waals surface area (Å²) in [5, 5.41) is 18.9. The molecule has 0 spiro atoms. The van der Waals surface area contributed by atoms with Gasteiger partial charge in [0, 0.05) is 6.61 Å². The minimum atomic E-state index is -0.443. The molecule has 2 aromatic heterocycles. The minimum absolute atomic E-state index is 0.0478. The fourth-order valence-electron chi connectivity index (χ4n) is 1.84. The van der Waals surface area contributed by atoms with Gasteiger partial charge in [0.25, 0.3) is 0 Å². The minimum Gasteiger partial charge on any atom is -0.492 e. The average molecular weight is 311 g/mol. The molecular formula is C13H21N5O4. The molecule has 0 saturated carbocycles. The monoisotopic (exact) mass is 311 g/mol. The molecule has 2 heterocycles. The van der Waals surface area contributed by atoms with E-state index in [1.807, 2.05) is 0 Å². The SMILES string of the molecule is CCCCOCC(CO)OCn1cnc2c(O)nc(N)nc21. The van der Waals surface area contributed by atoms with Crippen molar-refractivity contribution in [3.05, 3.63) is 6.33 Å². The van der Waals surface area contributed by atoms with Crippen molar-refractivity contribution in [3.63, 3.8) is 0 Å². The molecule has 0 aromatic carbocycles. The summed E-state index contributed by atoms with van der Waals surface area (Å²) in [7, 11) is 0. The molecule has 1 unspecified atom stereocenters. The van der Waals surface area contributed by atoms with Gasteiger partial charge in [-0.05, 0) is 6.42 Å². The number of hydrogen-bond donors (Lipinski definition) is 3. The highest BCUT2D eigenvalue weighted by molar-refractivity contribution is 5.76. The van der Waals surface area contributed by atoms with Crippen LogP contribution in [0.1, 0.15) is 19.8 Å². The van der Waals surface area contributed by atoms with E-state index in [1.165, 1.54) is 6.33 Å². The molecule has 2 rings (SSSR count). The summed E-state index contributed by atoms with van der Waals surface area (Å²) in [4.78, 5) is 11.7. The number of anilines is 1. The zero-order valence-corrected chi connectivity index (χ0v) is 12.5. The fraction of sp³-hybridized carbons (Fsp3) is 0.615. The van der Waals surface area contributed by atoms with Gasteiger partial charge in [0.15, 0.2) is 11.2 Å². The topological polar surface area (TPSA) is 129 Å². The Morgan fingerprint density at radius 2 is 2.23 bits per heavy atom. The van der Waals surface area contributed by atoms with Crippen LogP contribution in [0.2, 0.25) is 0 Å². The van der Waals surface area contributed by atoms with Crippen LogP contribution in [0.5, 0.6) is 5.88 Å². The van der Waals surface area contributed by atoms with Crippen molar-refractivity contribution in [2.75, 3.05) is 25.6 Å². The highest BCUT2D eigenvalue weighted by Gasteiger charge is 2.13. The van der Waals surface area contributed by atoms with E-state index in [0.717, 1.165) is 12.8 Å². The normalized spacial score (nSPS) is 12.8. The van der Waals surface area contributed by atoms with Gasteiger partial charge in [-0.2, -0.15) is 9.97 Å². The molecule has 0 aliphatic carbocycles. The number of hydrogen-bond acceptors (Lipinski definition) is 8. The molecule has 0 bridgehead atoms. The van der Waals surface area contributed by atoms with Gasteiger partial charge in [0.1, 0.15) is 12.8 Å². The summed E-state index contributed by atoms with van der Waals surface area (Å²) in [5.41, 5.74) is 6.12. The first-order chi connectivity index (χ1) is 10.7. The molecule has 0 aliphatic rings. The lowest BCUT2D eigenvalue weighted by molar-refractivity contribution is -0.0667. The lowest BCUT2D eigenvalue weighted by atomic mass is 10.3. The lowest BCUT2D eigenvalue weighted by Crippen LogP contribution is -2.25. The molecular weight excluding hydrogens is 290 g/mol. The van der Waals surface area contributed by atoms with Crippen LogP contribution in [-0.2, 0) is 16.2 Å². The van der Waals surface area contributed by atoms with Crippen LogP contribution in [0, 0.1) is 0 Å². The number of aliphatic hydroxyl groups is 1. The van der Waals surface area contributed by atoms with Gasteiger partial charge in [-0.25, -0.2) is 4.98 Å². The van der Waals surface area contributed by atoms with E-state index < -0.39 is 6.10 Å². The first-order valence-corrected chi connectivity index (χ1v) is 7.13. The van der Waals surface area contributed by atoms with Crippen molar-refractivity contribution in [3.8, 4) is 5.88 Å². The summed E-state index contributed by atoms with van der Waals surface area (Å²) in [6.45, 7) is 2.99. The molecule has 0 fully saturated rings. The second-order valence-electron chi connectivity index (χ2n) is 4.82. The number of aromatic nitrogens is 4. The van der Waals surface area contributed by atoms with Crippen LogP contribution in [0.15, 0.2) is 6.33 Å². The number of nitrogen functional groups attached to an aromatic ring is 1. The predicted octanol–water partition coefficient (Wildman–Crippen LogP) is 0.266. The second kappa shape index (κ2) is 7.87. The Labute approximate surface area is 127 Å². The van der Waals surface area contributed by atoms with Gasteiger partial charge in [-0.15, -0.1) is 0 Å².